The zero-order chi connectivity index (χ0) is 18.5. The number of carbonyl (C=O) groups is 2. The van der Waals surface area contributed by atoms with Crippen molar-refractivity contribution < 1.29 is 19.4 Å². The van der Waals surface area contributed by atoms with E-state index in [1.54, 1.807) is 18.3 Å². The maximum Gasteiger partial charge on any atom is 0.355 e. The molecule has 0 aliphatic carbocycles. The van der Waals surface area contributed by atoms with Crippen molar-refractivity contribution in [2.45, 2.75) is 56.4 Å². The summed E-state index contributed by atoms with van der Waals surface area (Å²) in [4.78, 5) is 32.0. The molecule has 4 aliphatic rings. The molecule has 0 saturated carbocycles. The highest BCUT2D eigenvalue weighted by Crippen LogP contribution is 2.43. The molecule has 1 aromatic rings. The van der Waals surface area contributed by atoms with E-state index in [2.05, 4.69) is 14.8 Å². The van der Waals surface area contributed by atoms with Crippen LogP contribution in [0, 0.1) is 11.8 Å². The molecule has 7 heteroatoms. The van der Waals surface area contributed by atoms with Gasteiger partial charge in [0.2, 0.25) is 5.91 Å². The molecule has 1 aromatic heterocycles. The summed E-state index contributed by atoms with van der Waals surface area (Å²) in [5.74, 6) is 0.619. The molecule has 7 nitrogen and oxygen atoms in total. The minimum Gasteiger partial charge on any atom is -0.455 e. The first kappa shape index (κ1) is 17.3. The Morgan fingerprint density at radius 1 is 1.26 bits per heavy atom. The third-order valence-electron chi connectivity index (χ3n) is 7.07. The van der Waals surface area contributed by atoms with Crippen molar-refractivity contribution >= 4 is 11.9 Å². The highest BCUT2D eigenvalue weighted by atomic mass is 16.6. The summed E-state index contributed by atoms with van der Waals surface area (Å²) in [7, 11) is 0. The van der Waals surface area contributed by atoms with Gasteiger partial charge in [-0.25, -0.2) is 4.79 Å². The van der Waals surface area contributed by atoms with E-state index in [9.17, 15) is 14.7 Å². The molecule has 146 valence electrons. The maximum atomic E-state index is 12.4. The molecule has 6 atom stereocenters. The van der Waals surface area contributed by atoms with Crippen LogP contribution >= 0.6 is 0 Å². The lowest BCUT2D eigenvalue weighted by Crippen LogP contribution is -2.69. The van der Waals surface area contributed by atoms with E-state index in [4.69, 9.17) is 4.74 Å². The molecule has 0 spiro atoms. The van der Waals surface area contributed by atoms with Gasteiger partial charge >= 0.3 is 5.97 Å². The lowest BCUT2D eigenvalue weighted by Gasteiger charge is -2.58. The minimum absolute atomic E-state index is 0.0351. The SMILES string of the molecule is O=C(OC1CCN2CC3CC(CN4C(=O)CCCC34)C2C1O)c1ccc[nH]1. The van der Waals surface area contributed by atoms with E-state index in [1.807, 2.05) is 0 Å². The van der Waals surface area contributed by atoms with Crippen molar-refractivity contribution in [2.75, 3.05) is 19.6 Å². The van der Waals surface area contributed by atoms with Crippen LogP contribution in [-0.2, 0) is 9.53 Å². The number of ether oxygens (including phenoxy) is 1. The first-order valence-corrected chi connectivity index (χ1v) is 10.2. The van der Waals surface area contributed by atoms with Crippen LogP contribution in [0.3, 0.4) is 0 Å². The van der Waals surface area contributed by atoms with E-state index in [-0.39, 0.29) is 17.9 Å². The van der Waals surface area contributed by atoms with E-state index in [0.29, 0.717) is 30.5 Å². The zero-order valence-corrected chi connectivity index (χ0v) is 15.4. The number of piperidine rings is 4. The molecule has 6 unspecified atom stereocenters. The number of carbonyl (C=O) groups excluding carboxylic acids is 2. The third-order valence-corrected chi connectivity index (χ3v) is 7.07. The molecule has 0 radical (unpaired) electrons. The van der Waals surface area contributed by atoms with Crippen molar-refractivity contribution in [3.63, 3.8) is 0 Å². The summed E-state index contributed by atoms with van der Waals surface area (Å²) in [6.07, 6.45) is 4.97. The fourth-order valence-electron chi connectivity index (χ4n) is 5.92. The quantitative estimate of drug-likeness (QED) is 0.756. The maximum absolute atomic E-state index is 12.4. The topological polar surface area (TPSA) is 85.9 Å². The van der Waals surface area contributed by atoms with Gasteiger partial charge in [-0.1, -0.05) is 0 Å². The second-order valence-electron chi connectivity index (χ2n) is 8.55. The van der Waals surface area contributed by atoms with E-state index >= 15 is 0 Å². The van der Waals surface area contributed by atoms with E-state index in [1.165, 1.54) is 0 Å². The number of hydrogen-bond acceptors (Lipinski definition) is 5. The number of aliphatic hydroxyl groups is 1. The Morgan fingerprint density at radius 3 is 2.96 bits per heavy atom. The second-order valence-corrected chi connectivity index (χ2v) is 8.55. The number of rotatable bonds is 2. The Kier molecular flexibility index (Phi) is 4.24. The summed E-state index contributed by atoms with van der Waals surface area (Å²) in [5, 5.41) is 11.1. The number of fused-ring (bicyclic) bond motifs is 6. The Labute approximate surface area is 158 Å². The molecule has 2 bridgehead atoms. The normalized spacial score (nSPS) is 38.9. The second kappa shape index (κ2) is 6.63. The molecular formula is C20H27N3O4. The molecule has 27 heavy (non-hydrogen) atoms. The molecule has 4 saturated heterocycles. The van der Waals surface area contributed by atoms with Crippen LogP contribution in [0.5, 0.6) is 0 Å². The Balaban J connectivity index is 1.32. The average Bonchev–Trinajstić information content (AvgIpc) is 3.20. The molecule has 0 aromatic carbocycles. The lowest BCUT2D eigenvalue weighted by atomic mass is 9.69. The van der Waals surface area contributed by atoms with Gasteiger partial charge in [0.15, 0.2) is 0 Å². The van der Waals surface area contributed by atoms with Crippen LogP contribution in [0.15, 0.2) is 18.3 Å². The van der Waals surface area contributed by atoms with Crippen LogP contribution in [-0.4, -0.2) is 75.7 Å². The summed E-state index contributed by atoms with van der Waals surface area (Å²) in [6.45, 7) is 2.50. The number of aliphatic hydroxyl groups excluding tert-OH is 1. The number of nitrogens with one attached hydrogen (secondary N) is 1. The Morgan fingerprint density at radius 2 is 2.15 bits per heavy atom. The van der Waals surface area contributed by atoms with E-state index in [0.717, 1.165) is 38.9 Å². The van der Waals surface area contributed by atoms with Gasteiger partial charge in [0.25, 0.3) is 0 Å². The Hall–Kier alpha value is -1.86. The number of hydrogen-bond donors (Lipinski definition) is 2. The average molecular weight is 373 g/mol. The van der Waals surface area contributed by atoms with Gasteiger partial charge in [-0.05, 0) is 49.7 Å². The summed E-state index contributed by atoms with van der Waals surface area (Å²) < 4.78 is 5.64. The highest BCUT2D eigenvalue weighted by molar-refractivity contribution is 5.87. The van der Waals surface area contributed by atoms with Crippen LogP contribution in [0.2, 0.25) is 0 Å². The zero-order valence-electron chi connectivity index (χ0n) is 15.4. The standard InChI is InChI=1S/C20H27N3O4/c24-17-5-1-4-15-12-9-13(11-23(15)17)18-19(25)16(6-8-22(18)10-12)27-20(26)14-3-2-7-21-14/h2-3,7,12-13,15-16,18-19,21,25H,1,4-6,8-11H2. The third kappa shape index (κ3) is 2.88. The minimum atomic E-state index is -0.708. The van der Waals surface area contributed by atoms with Crippen LogP contribution in [0.1, 0.15) is 42.6 Å². The van der Waals surface area contributed by atoms with Gasteiger partial charge in [-0.2, -0.15) is 0 Å². The molecule has 4 aliphatic heterocycles. The van der Waals surface area contributed by atoms with Crippen molar-refractivity contribution in [1.29, 1.82) is 0 Å². The largest absolute Gasteiger partial charge is 0.455 e. The van der Waals surface area contributed by atoms with Gasteiger partial charge in [-0.15, -0.1) is 0 Å². The smallest absolute Gasteiger partial charge is 0.355 e. The van der Waals surface area contributed by atoms with Gasteiger partial charge in [0.1, 0.15) is 17.9 Å². The van der Waals surface area contributed by atoms with Crippen molar-refractivity contribution in [2.24, 2.45) is 11.8 Å². The summed E-state index contributed by atoms with van der Waals surface area (Å²) >= 11 is 0. The van der Waals surface area contributed by atoms with Crippen molar-refractivity contribution in [1.82, 2.24) is 14.8 Å². The fraction of sp³-hybridized carbons (Fsp3) is 0.700. The fourth-order valence-corrected chi connectivity index (χ4v) is 5.92. The first-order chi connectivity index (χ1) is 13.1. The summed E-state index contributed by atoms with van der Waals surface area (Å²) in [6, 6.07) is 3.78. The molecule has 5 heterocycles. The molecule has 1 amide bonds. The predicted octanol–water partition coefficient (Wildman–Crippen LogP) is 1.01. The highest BCUT2D eigenvalue weighted by Gasteiger charge is 2.52. The Bertz CT molecular complexity index is 721. The number of nitrogens with zero attached hydrogens (tertiary/aromatic N) is 2. The van der Waals surface area contributed by atoms with Gasteiger partial charge < -0.3 is 19.7 Å². The number of esters is 1. The summed E-state index contributed by atoms with van der Waals surface area (Å²) in [5.41, 5.74) is 0.410. The van der Waals surface area contributed by atoms with Gasteiger partial charge in [0.05, 0.1) is 0 Å². The van der Waals surface area contributed by atoms with Gasteiger partial charge in [0, 0.05) is 44.3 Å². The van der Waals surface area contributed by atoms with Crippen LogP contribution in [0.4, 0.5) is 0 Å². The number of aromatic nitrogens is 1. The molecule has 2 N–H and O–H groups in total. The molecule has 4 fully saturated rings. The predicted molar refractivity (Wildman–Crippen MR) is 96.9 cm³/mol. The first-order valence-electron chi connectivity index (χ1n) is 10.2. The monoisotopic (exact) mass is 373 g/mol. The van der Waals surface area contributed by atoms with Crippen molar-refractivity contribution in [3.8, 4) is 0 Å². The molecule has 5 rings (SSSR count). The number of aromatic amines is 1. The van der Waals surface area contributed by atoms with Crippen LogP contribution in [0.25, 0.3) is 0 Å². The van der Waals surface area contributed by atoms with E-state index < -0.39 is 18.2 Å². The molecular weight excluding hydrogens is 346 g/mol. The van der Waals surface area contributed by atoms with Crippen molar-refractivity contribution in [3.05, 3.63) is 24.0 Å². The lowest BCUT2D eigenvalue weighted by molar-refractivity contribution is -0.163. The number of amides is 1. The number of H-pyrrole nitrogens is 1. The van der Waals surface area contributed by atoms with Crippen LogP contribution < -0.4 is 0 Å². The van der Waals surface area contributed by atoms with Gasteiger partial charge in [-0.3, -0.25) is 9.69 Å².